The molecule has 0 saturated heterocycles. The predicted octanol–water partition coefficient (Wildman–Crippen LogP) is 3.82. The van der Waals surface area contributed by atoms with Crippen LogP contribution in [-0.4, -0.2) is 6.54 Å². The third kappa shape index (κ3) is 2.26. The van der Waals surface area contributed by atoms with Crippen LogP contribution in [0.5, 0.6) is 5.75 Å². The molecule has 1 aliphatic rings. The van der Waals surface area contributed by atoms with E-state index in [1.54, 1.807) is 0 Å². The topological polar surface area (TPSA) is 21.3 Å². The zero-order valence-electron chi connectivity index (χ0n) is 10.4. The van der Waals surface area contributed by atoms with E-state index < -0.39 is 17.7 Å². The number of hydrogen-bond acceptors (Lipinski definition) is 2. The van der Waals surface area contributed by atoms with Gasteiger partial charge in [0.05, 0.1) is 12.2 Å². The van der Waals surface area contributed by atoms with Crippen LogP contribution in [0.3, 0.4) is 0 Å². The van der Waals surface area contributed by atoms with Gasteiger partial charge in [-0.25, -0.2) is 8.78 Å². The molecule has 1 unspecified atom stereocenters. The monoisotopic (exact) mass is 261 g/mol. The zero-order chi connectivity index (χ0) is 13.4. The summed E-state index contributed by atoms with van der Waals surface area (Å²) in [6.07, 6.45) is -0.523. The smallest absolute Gasteiger partial charge is 0.144 e. The van der Waals surface area contributed by atoms with Crippen LogP contribution >= 0.6 is 0 Å². The van der Waals surface area contributed by atoms with Crippen molar-refractivity contribution in [1.82, 2.24) is 0 Å². The fourth-order valence-electron chi connectivity index (χ4n) is 2.21. The van der Waals surface area contributed by atoms with Crippen LogP contribution < -0.4 is 10.1 Å². The lowest BCUT2D eigenvalue weighted by atomic mass is 10.1. The van der Waals surface area contributed by atoms with Crippen LogP contribution in [0.4, 0.5) is 14.5 Å². The minimum Gasteiger partial charge on any atom is -0.482 e. The van der Waals surface area contributed by atoms with Crippen LogP contribution in [0.25, 0.3) is 0 Å². The number of nitrogens with one attached hydrogen (secondary N) is 1. The Labute approximate surface area is 110 Å². The zero-order valence-corrected chi connectivity index (χ0v) is 10.4. The van der Waals surface area contributed by atoms with E-state index in [0.717, 1.165) is 23.4 Å². The number of ether oxygens (including phenoxy) is 1. The maximum absolute atomic E-state index is 13.7. The summed E-state index contributed by atoms with van der Waals surface area (Å²) in [5.74, 6) is -0.251. The molecule has 0 amide bonds. The van der Waals surface area contributed by atoms with E-state index in [9.17, 15) is 8.78 Å². The number of benzene rings is 2. The second-order valence-corrected chi connectivity index (χ2v) is 4.65. The van der Waals surface area contributed by atoms with E-state index in [-0.39, 0.29) is 5.56 Å². The van der Waals surface area contributed by atoms with Gasteiger partial charge >= 0.3 is 0 Å². The summed E-state index contributed by atoms with van der Waals surface area (Å²) < 4.78 is 32.7. The molecule has 19 heavy (non-hydrogen) atoms. The minimum atomic E-state index is -0.523. The van der Waals surface area contributed by atoms with Gasteiger partial charge in [-0.05, 0) is 42.8 Å². The molecular weight excluding hydrogens is 248 g/mol. The lowest BCUT2D eigenvalue weighted by Crippen LogP contribution is -2.24. The minimum absolute atomic E-state index is 0.236. The molecule has 0 spiro atoms. The van der Waals surface area contributed by atoms with Gasteiger partial charge in [-0.2, -0.15) is 0 Å². The van der Waals surface area contributed by atoms with Crippen molar-refractivity contribution >= 4 is 5.69 Å². The van der Waals surface area contributed by atoms with E-state index in [0.29, 0.717) is 12.3 Å². The highest BCUT2D eigenvalue weighted by molar-refractivity contribution is 5.59. The van der Waals surface area contributed by atoms with Crippen molar-refractivity contribution in [2.75, 3.05) is 11.9 Å². The SMILES string of the molecule is Cc1ccc2c(c1)OC(c1cc(F)ccc1F)CN2. The van der Waals surface area contributed by atoms with Crippen molar-refractivity contribution < 1.29 is 13.5 Å². The molecule has 2 aromatic carbocycles. The summed E-state index contributed by atoms with van der Waals surface area (Å²) in [4.78, 5) is 0. The summed E-state index contributed by atoms with van der Waals surface area (Å²) >= 11 is 0. The molecule has 0 bridgehead atoms. The number of rotatable bonds is 1. The van der Waals surface area contributed by atoms with Gasteiger partial charge in [-0.15, -0.1) is 0 Å². The molecule has 0 aliphatic carbocycles. The Balaban J connectivity index is 1.95. The first-order valence-electron chi connectivity index (χ1n) is 6.09. The molecule has 98 valence electrons. The number of fused-ring (bicyclic) bond motifs is 1. The van der Waals surface area contributed by atoms with Gasteiger partial charge in [-0.1, -0.05) is 6.07 Å². The Hall–Kier alpha value is -2.10. The first-order chi connectivity index (χ1) is 9.13. The second-order valence-electron chi connectivity index (χ2n) is 4.65. The predicted molar refractivity (Wildman–Crippen MR) is 69.4 cm³/mol. The van der Waals surface area contributed by atoms with Gasteiger partial charge < -0.3 is 10.1 Å². The van der Waals surface area contributed by atoms with Crippen molar-refractivity contribution in [1.29, 1.82) is 0 Å². The van der Waals surface area contributed by atoms with Crippen molar-refractivity contribution in [3.05, 3.63) is 59.2 Å². The Morgan fingerprint density at radius 2 is 2.00 bits per heavy atom. The maximum atomic E-state index is 13.7. The van der Waals surface area contributed by atoms with Crippen LogP contribution in [0.2, 0.25) is 0 Å². The molecule has 0 fully saturated rings. The molecule has 1 atom stereocenters. The summed E-state index contributed by atoms with van der Waals surface area (Å²) in [7, 11) is 0. The van der Waals surface area contributed by atoms with Crippen molar-refractivity contribution in [3.63, 3.8) is 0 Å². The van der Waals surface area contributed by atoms with Gasteiger partial charge in [0.25, 0.3) is 0 Å². The average Bonchev–Trinajstić information content (AvgIpc) is 2.40. The molecule has 2 nitrogen and oxygen atoms in total. The summed E-state index contributed by atoms with van der Waals surface area (Å²) in [6.45, 7) is 2.37. The molecule has 0 radical (unpaired) electrons. The van der Waals surface area contributed by atoms with E-state index in [1.807, 2.05) is 25.1 Å². The van der Waals surface area contributed by atoms with E-state index in [4.69, 9.17) is 4.74 Å². The molecule has 1 aliphatic heterocycles. The van der Waals surface area contributed by atoms with Gasteiger partial charge in [0.2, 0.25) is 0 Å². The van der Waals surface area contributed by atoms with Gasteiger partial charge in [0.15, 0.2) is 0 Å². The lowest BCUT2D eigenvalue weighted by Gasteiger charge is -2.28. The Bertz CT molecular complexity index is 628. The summed E-state index contributed by atoms with van der Waals surface area (Å²) in [5.41, 5.74) is 2.17. The van der Waals surface area contributed by atoms with Crippen LogP contribution in [0, 0.1) is 18.6 Å². The number of halogens is 2. The first-order valence-corrected chi connectivity index (χ1v) is 6.09. The Morgan fingerprint density at radius 3 is 2.84 bits per heavy atom. The third-order valence-electron chi connectivity index (χ3n) is 3.19. The summed E-state index contributed by atoms with van der Waals surface area (Å²) in [5, 5.41) is 3.17. The van der Waals surface area contributed by atoms with Crippen LogP contribution in [-0.2, 0) is 0 Å². The molecular formula is C15H13F2NO. The van der Waals surface area contributed by atoms with E-state index >= 15 is 0 Å². The molecule has 1 N–H and O–H groups in total. The fraction of sp³-hybridized carbons (Fsp3) is 0.200. The molecule has 4 heteroatoms. The first kappa shape index (κ1) is 12.0. The highest BCUT2D eigenvalue weighted by atomic mass is 19.1. The number of hydrogen-bond donors (Lipinski definition) is 1. The van der Waals surface area contributed by atoms with Crippen LogP contribution in [0.1, 0.15) is 17.2 Å². The van der Waals surface area contributed by atoms with Crippen molar-refractivity contribution in [2.24, 2.45) is 0 Å². The average molecular weight is 261 g/mol. The largest absolute Gasteiger partial charge is 0.482 e. The summed E-state index contributed by atoms with van der Waals surface area (Å²) in [6, 6.07) is 9.18. The molecule has 2 aromatic rings. The molecule has 3 rings (SSSR count). The van der Waals surface area contributed by atoms with E-state index in [1.165, 1.54) is 6.07 Å². The number of anilines is 1. The Morgan fingerprint density at radius 1 is 1.16 bits per heavy atom. The second kappa shape index (κ2) is 4.53. The Kier molecular flexibility index (Phi) is 2.85. The van der Waals surface area contributed by atoms with Crippen molar-refractivity contribution in [3.8, 4) is 5.75 Å². The van der Waals surface area contributed by atoms with Gasteiger partial charge in [0.1, 0.15) is 23.5 Å². The molecule has 0 saturated carbocycles. The van der Waals surface area contributed by atoms with Crippen molar-refractivity contribution in [2.45, 2.75) is 13.0 Å². The highest BCUT2D eigenvalue weighted by Gasteiger charge is 2.23. The highest BCUT2D eigenvalue weighted by Crippen LogP contribution is 2.35. The van der Waals surface area contributed by atoms with E-state index in [2.05, 4.69) is 5.32 Å². The fourth-order valence-corrected chi connectivity index (χ4v) is 2.21. The normalized spacial score (nSPS) is 17.3. The number of aryl methyl sites for hydroxylation is 1. The third-order valence-corrected chi connectivity index (χ3v) is 3.19. The van der Waals surface area contributed by atoms with Gasteiger partial charge in [-0.3, -0.25) is 0 Å². The van der Waals surface area contributed by atoms with Crippen LogP contribution in [0.15, 0.2) is 36.4 Å². The molecule has 0 aromatic heterocycles. The maximum Gasteiger partial charge on any atom is 0.144 e. The van der Waals surface area contributed by atoms with Gasteiger partial charge in [0, 0.05) is 5.56 Å². The lowest BCUT2D eigenvalue weighted by molar-refractivity contribution is 0.204. The standard InChI is InChI=1S/C15H13F2NO/c1-9-2-5-13-14(6-9)19-15(8-18-13)11-7-10(16)3-4-12(11)17/h2-7,15,18H,8H2,1H3. The quantitative estimate of drug-likeness (QED) is 0.842. The molecule has 1 heterocycles.